The van der Waals surface area contributed by atoms with Crippen molar-refractivity contribution in [1.29, 1.82) is 0 Å². The predicted molar refractivity (Wildman–Crippen MR) is 96.4 cm³/mol. The average molecular weight is 385 g/mol. The summed E-state index contributed by atoms with van der Waals surface area (Å²) in [6, 6.07) is 8.77. The van der Waals surface area contributed by atoms with E-state index in [-0.39, 0.29) is 10.6 Å². The first-order valence-electron chi connectivity index (χ1n) is 7.78. The Hall–Kier alpha value is -1.83. The Labute approximate surface area is 151 Å². The average Bonchev–Trinajstić information content (AvgIpc) is 2.60. The van der Waals surface area contributed by atoms with Crippen molar-refractivity contribution in [1.82, 2.24) is 0 Å². The van der Waals surface area contributed by atoms with Gasteiger partial charge < -0.3 is 9.64 Å². The minimum absolute atomic E-state index is 0.0146. The summed E-state index contributed by atoms with van der Waals surface area (Å²) in [4.78, 5) is 2.00. The minimum atomic E-state index is -3.94. The van der Waals surface area contributed by atoms with Gasteiger partial charge >= 0.3 is 0 Å². The maximum atomic E-state index is 14.1. The van der Waals surface area contributed by atoms with Crippen LogP contribution in [0.5, 0.6) is 0 Å². The molecule has 0 atom stereocenters. The largest absolute Gasteiger partial charge is 0.378 e. The predicted octanol–water partition coefficient (Wildman–Crippen LogP) is 3.42. The number of rotatable bonds is 4. The molecule has 8 heteroatoms. The van der Waals surface area contributed by atoms with Gasteiger partial charge in [-0.15, -0.1) is 0 Å². The van der Waals surface area contributed by atoms with Crippen LogP contribution in [-0.4, -0.2) is 34.7 Å². The summed E-state index contributed by atoms with van der Waals surface area (Å²) >= 11 is 6.00. The fourth-order valence-corrected chi connectivity index (χ4v) is 3.88. The van der Waals surface area contributed by atoms with E-state index in [0.717, 1.165) is 11.3 Å². The summed E-state index contributed by atoms with van der Waals surface area (Å²) in [6.07, 6.45) is 0. The molecule has 134 valence electrons. The molecule has 5 nitrogen and oxygen atoms in total. The van der Waals surface area contributed by atoms with Crippen molar-refractivity contribution in [2.75, 3.05) is 35.9 Å². The molecule has 25 heavy (non-hydrogen) atoms. The van der Waals surface area contributed by atoms with Gasteiger partial charge in [0.25, 0.3) is 10.0 Å². The van der Waals surface area contributed by atoms with Crippen LogP contribution in [0.2, 0.25) is 5.02 Å². The lowest BCUT2D eigenvalue weighted by Gasteiger charge is -2.29. The molecular formula is C17H18ClFN2O3S. The zero-order chi connectivity index (χ0) is 18.0. The van der Waals surface area contributed by atoms with E-state index in [2.05, 4.69) is 4.72 Å². The van der Waals surface area contributed by atoms with Gasteiger partial charge in [0, 0.05) is 23.8 Å². The molecule has 1 heterocycles. The second-order valence-corrected chi connectivity index (χ2v) is 7.87. The summed E-state index contributed by atoms with van der Waals surface area (Å²) < 4.78 is 46.8. The molecule has 0 unspecified atom stereocenters. The Morgan fingerprint density at radius 1 is 1.16 bits per heavy atom. The van der Waals surface area contributed by atoms with E-state index in [1.165, 1.54) is 24.3 Å². The molecule has 1 fully saturated rings. The lowest BCUT2D eigenvalue weighted by molar-refractivity contribution is 0.122. The molecule has 1 aliphatic heterocycles. The summed E-state index contributed by atoms with van der Waals surface area (Å²) in [5.74, 6) is -0.640. The third-order valence-electron chi connectivity index (χ3n) is 4.02. The molecular weight excluding hydrogens is 367 g/mol. The number of benzene rings is 2. The highest BCUT2D eigenvalue weighted by molar-refractivity contribution is 7.92. The highest BCUT2D eigenvalue weighted by atomic mass is 35.5. The third kappa shape index (κ3) is 4.05. The van der Waals surface area contributed by atoms with Gasteiger partial charge in [-0.05, 0) is 42.8 Å². The zero-order valence-electron chi connectivity index (χ0n) is 13.6. The number of ether oxygens (including phenoxy) is 1. The Bertz CT molecular complexity index is 883. The van der Waals surface area contributed by atoms with Gasteiger partial charge in [0.1, 0.15) is 5.82 Å². The standard InChI is InChI=1S/C17H18ClFN2O3S/c1-12-2-4-14(11-15(12)18)25(22,23)20-17-10-13(3-5-16(17)19)21-6-8-24-9-7-21/h2-5,10-11,20H,6-9H2,1H3. The molecule has 0 amide bonds. The van der Waals surface area contributed by atoms with Crippen molar-refractivity contribution in [3.63, 3.8) is 0 Å². The van der Waals surface area contributed by atoms with E-state index in [1.807, 2.05) is 4.90 Å². The van der Waals surface area contributed by atoms with Crippen molar-refractivity contribution in [2.45, 2.75) is 11.8 Å². The summed E-state index contributed by atoms with van der Waals surface area (Å²) in [7, 11) is -3.94. The first kappa shape index (κ1) is 18.0. The monoisotopic (exact) mass is 384 g/mol. The molecule has 2 aromatic carbocycles. The Morgan fingerprint density at radius 3 is 2.56 bits per heavy atom. The topological polar surface area (TPSA) is 58.6 Å². The fraction of sp³-hybridized carbons (Fsp3) is 0.294. The number of halogens is 2. The van der Waals surface area contributed by atoms with Crippen molar-refractivity contribution in [3.8, 4) is 0 Å². The van der Waals surface area contributed by atoms with E-state index in [1.54, 1.807) is 19.1 Å². The van der Waals surface area contributed by atoms with E-state index in [4.69, 9.17) is 16.3 Å². The molecule has 1 aliphatic rings. The quantitative estimate of drug-likeness (QED) is 0.877. The van der Waals surface area contributed by atoms with Crippen LogP contribution < -0.4 is 9.62 Å². The summed E-state index contributed by atoms with van der Waals surface area (Å²) in [5, 5.41) is 0.338. The number of morpholine rings is 1. The molecule has 0 aromatic heterocycles. The van der Waals surface area contributed by atoms with Crippen molar-refractivity contribution < 1.29 is 17.5 Å². The number of hydrogen-bond donors (Lipinski definition) is 1. The maximum absolute atomic E-state index is 14.1. The fourth-order valence-electron chi connectivity index (χ4n) is 2.55. The van der Waals surface area contributed by atoms with E-state index in [0.29, 0.717) is 31.3 Å². The van der Waals surface area contributed by atoms with Crippen LogP contribution in [0.15, 0.2) is 41.3 Å². The second-order valence-electron chi connectivity index (χ2n) is 5.78. The van der Waals surface area contributed by atoms with Crippen LogP contribution in [0.4, 0.5) is 15.8 Å². The highest BCUT2D eigenvalue weighted by Gasteiger charge is 2.19. The zero-order valence-corrected chi connectivity index (χ0v) is 15.2. The minimum Gasteiger partial charge on any atom is -0.378 e. The number of sulfonamides is 1. The third-order valence-corrected chi connectivity index (χ3v) is 5.79. The summed E-state index contributed by atoms with van der Waals surface area (Å²) in [5.41, 5.74) is 1.41. The Balaban J connectivity index is 1.89. The Morgan fingerprint density at radius 2 is 1.88 bits per heavy atom. The van der Waals surface area contributed by atoms with Crippen molar-refractivity contribution in [2.24, 2.45) is 0 Å². The lowest BCUT2D eigenvalue weighted by Crippen LogP contribution is -2.36. The molecule has 0 spiro atoms. The van der Waals surface area contributed by atoms with Gasteiger partial charge in [0.15, 0.2) is 0 Å². The first-order valence-corrected chi connectivity index (χ1v) is 9.64. The highest BCUT2D eigenvalue weighted by Crippen LogP contribution is 2.27. The van der Waals surface area contributed by atoms with Gasteiger partial charge in [-0.2, -0.15) is 0 Å². The molecule has 0 bridgehead atoms. The van der Waals surface area contributed by atoms with Gasteiger partial charge in [-0.25, -0.2) is 12.8 Å². The second kappa shape index (κ2) is 7.19. The van der Waals surface area contributed by atoms with Crippen LogP contribution in [0.1, 0.15) is 5.56 Å². The molecule has 0 aliphatic carbocycles. The van der Waals surface area contributed by atoms with E-state index in [9.17, 15) is 12.8 Å². The smallest absolute Gasteiger partial charge is 0.262 e. The van der Waals surface area contributed by atoms with Crippen LogP contribution in [0, 0.1) is 12.7 Å². The van der Waals surface area contributed by atoms with Crippen molar-refractivity contribution >= 4 is 33.0 Å². The number of anilines is 2. The molecule has 3 rings (SSSR count). The van der Waals surface area contributed by atoms with E-state index < -0.39 is 15.8 Å². The molecule has 1 saturated heterocycles. The van der Waals surface area contributed by atoms with E-state index >= 15 is 0 Å². The molecule has 2 aromatic rings. The number of hydrogen-bond acceptors (Lipinski definition) is 4. The molecule has 0 saturated carbocycles. The van der Waals surface area contributed by atoms with Crippen LogP contribution in [0.25, 0.3) is 0 Å². The SMILES string of the molecule is Cc1ccc(S(=O)(=O)Nc2cc(N3CCOCC3)ccc2F)cc1Cl. The number of nitrogens with zero attached hydrogens (tertiary/aromatic N) is 1. The number of nitrogens with one attached hydrogen (secondary N) is 1. The van der Waals surface area contributed by atoms with Gasteiger partial charge in [0.2, 0.25) is 0 Å². The Kier molecular flexibility index (Phi) is 5.17. The number of aryl methyl sites for hydroxylation is 1. The van der Waals surface area contributed by atoms with Crippen LogP contribution in [0.3, 0.4) is 0 Å². The molecule has 1 N–H and O–H groups in total. The summed E-state index contributed by atoms with van der Waals surface area (Å²) in [6.45, 7) is 4.29. The lowest BCUT2D eigenvalue weighted by atomic mass is 10.2. The van der Waals surface area contributed by atoms with Crippen LogP contribution in [-0.2, 0) is 14.8 Å². The first-order chi connectivity index (χ1) is 11.9. The van der Waals surface area contributed by atoms with Gasteiger partial charge in [0.05, 0.1) is 23.8 Å². The van der Waals surface area contributed by atoms with Gasteiger partial charge in [-0.3, -0.25) is 4.72 Å². The normalized spacial score (nSPS) is 15.2. The van der Waals surface area contributed by atoms with Crippen LogP contribution >= 0.6 is 11.6 Å². The maximum Gasteiger partial charge on any atom is 0.262 e. The molecule has 0 radical (unpaired) electrons. The van der Waals surface area contributed by atoms with Gasteiger partial charge in [-0.1, -0.05) is 17.7 Å². The van der Waals surface area contributed by atoms with Crippen molar-refractivity contribution in [3.05, 3.63) is 52.8 Å².